The van der Waals surface area contributed by atoms with E-state index >= 15 is 0 Å². The summed E-state index contributed by atoms with van der Waals surface area (Å²) in [6.45, 7) is 3.53. The fraction of sp³-hybridized carbons (Fsp3) is 0.500. The highest BCUT2D eigenvalue weighted by Crippen LogP contribution is 2.60. The number of hydrogen-bond donors (Lipinski definition) is 0. The van der Waals surface area contributed by atoms with Crippen molar-refractivity contribution in [2.75, 3.05) is 6.54 Å². The molecule has 1 saturated heterocycles. The van der Waals surface area contributed by atoms with Crippen molar-refractivity contribution in [1.29, 1.82) is 0 Å². The minimum Gasteiger partial charge on any atom is -0.329 e. The average Bonchev–Trinajstić information content (AvgIpc) is 2.94. The third-order valence-corrected chi connectivity index (χ3v) is 5.09. The van der Waals surface area contributed by atoms with Gasteiger partial charge in [-0.3, -0.25) is 14.5 Å². The first-order valence-electron chi connectivity index (χ1n) is 7.84. The number of nitrogens with zero attached hydrogens (tertiary/aromatic N) is 5. The largest absolute Gasteiger partial charge is 0.329 e. The van der Waals surface area contributed by atoms with E-state index in [9.17, 15) is 4.79 Å². The van der Waals surface area contributed by atoms with Gasteiger partial charge in [-0.25, -0.2) is 0 Å². The summed E-state index contributed by atoms with van der Waals surface area (Å²) in [5.41, 5.74) is 1.89. The molecule has 2 aromatic rings. The Morgan fingerprint density at radius 1 is 1.36 bits per heavy atom. The Kier molecular flexibility index (Phi) is 2.99. The quantitative estimate of drug-likeness (QED) is 0.870. The van der Waals surface area contributed by atoms with Crippen LogP contribution in [-0.2, 0) is 6.54 Å². The fourth-order valence-electron chi connectivity index (χ4n) is 3.76. The molecule has 6 nitrogen and oxygen atoms in total. The van der Waals surface area contributed by atoms with Gasteiger partial charge in [-0.05, 0) is 37.5 Å². The number of likely N-dealkylation sites (tertiary alicyclic amines) is 1. The summed E-state index contributed by atoms with van der Waals surface area (Å²) in [4.78, 5) is 18.8. The topological polar surface area (TPSA) is 63.9 Å². The maximum atomic E-state index is 12.8. The predicted molar refractivity (Wildman–Crippen MR) is 80.0 cm³/mol. The lowest BCUT2D eigenvalue weighted by molar-refractivity contribution is -0.105. The van der Waals surface area contributed by atoms with Crippen molar-refractivity contribution in [1.82, 2.24) is 24.9 Å². The number of amides is 1. The molecule has 1 amide bonds. The molecule has 1 aliphatic heterocycles. The first-order valence-corrected chi connectivity index (χ1v) is 7.84. The fourth-order valence-corrected chi connectivity index (χ4v) is 3.76. The maximum Gasteiger partial charge on any atom is 0.276 e. The molecule has 0 bridgehead atoms. The molecule has 22 heavy (non-hydrogen) atoms. The number of carbonyl (C=O) groups is 1. The van der Waals surface area contributed by atoms with Gasteiger partial charge >= 0.3 is 0 Å². The van der Waals surface area contributed by atoms with E-state index in [4.69, 9.17) is 0 Å². The Morgan fingerprint density at radius 2 is 2.14 bits per heavy atom. The number of hydrogen-bond acceptors (Lipinski definition) is 4. The molecule has 2 aromatic heterocycles. The average molecular weight is 297 g/mol. The van der Waals surface area contributed by atoms with Gasteiger partial charge in [0.05, 0.1) is 12.2 Å². The Hall–Kier alpha value is -2.24. The molecule has 114 valence electrons. The first-order chi connectivity index (χ1) is 10.7. The van der Waals surface area contributed by atoms with Crippen molar-refractivity contribution in [2.24, 2.45) is 5.41 Å². The lowest BCUT2D eigenvalue weighted by atomic mass is 9.56. The standard InChI is InChI=1S/C16H19N5O/c1-2-20-10-13(18-19-20)15(22)21-11-16(6-3-7-16)14(21)12-4-8-17-9-5-12/h4-5,8-10,14H,2-3,6-7,11H2,1H3. The third-order valence-electron chi connectivity index (χ3n) is 5.09. The predicted octanol–water partition coefficient (Wildman–Crippen LogP) is 2.06. The molecular formula is C16H19N5O. The van der Waals surface area contributed by atoms with Crippen molar-refractivity contribution in [3.05, 3.63) is 42.0 Å². The summed E-state index contributed by atoms with van der Waals surface area (Å²) in [5, 5.41) is 7.99. The van der Waals surface area contributed by atoms with Crippen LogP contribution in [0.5, 0.6) is 0 Å². The van der Waals surface area contributed by atoms with Crippen LogP contribution in [-0.4, -0.2) is 37.3 Å². The summed E-state index contributed by atoms with van der Waals surface area (Å²) >= 11 is 0. The number of rotatable bonds is 3. The normalized spacial score (nSPS) is 22.2. The van der Waals surface area contributed by atoms with Gasteiger partial charge in [0.15, 0.2) is 5.69 Å². The van der Waals surface area contributed by atoms with Gasteiger partial charge in [-0.15, -0.1) is 5.10 Å². The van der Waals surface area contributed by atoms with Crippen LogP contribution >= 0.6 is 0 Å². The molecule has 1 aliphatic carbocycles. The molecular weight excluding hydrogens is 278 g/mol. The van der Waals surface area contributed by atoms with Crippen LogP contribution < -0.4 is 0 Å². The van der Waals surface area contributed by atoms with Gasteiger partial charge in [0.2, 0.25) is 0 Å². The number of pyridine rings is 1. The zero-order chi connectivity index (χ0) is 15.2. The molecule has 4 rings (SSSR count). The Balaban J connectivity index is 1.62. The molecule has 2 aliphatic rings. The number of carbonyl (C=O) groups excluding carboxylic acids is 1. The zero-order valence-corrected chi connectivity index (χ0v) is 12.6. The molecule has 2 fully saturated rings. The van der Waals surface area contributed by atoms with Gasteiger partial charge in [0.25, 0.3) is 5.91 Å². The second-order valence-electron chi connectivity index (χ2n) is 6.29. The van der Waals surface area contributed by atoms with Crippen LogP contribution in [0.1, 0.15) is 48.3 Å². The highest BCUT2D eigenvalue weighted by molar-refractivity contribution is 5.93. The molecule has 0 N–H and O–H groups in total. The lowest BCUT2D eigenvalue weighted by Crippen LogP contribution is -2.63. The minimum atomic E-state index is -0.0148. The third kappa shape index (κ3) is 1.86. The molecule has 1 spiro atoms. The summed E-state index contributed by atoms with van der Waals surface area (Å²) in [6.07, 6.45) is 9.00. The van der Waals surface area contributed by atoms with E-state index in [1.54, 1.807) is 23.3 Å². The van der Waals surface area contributed by atoms with Crippen LogP contribution in [0.4, 0.5) is 0 Å². The number of aryl methyl sites for hydroxylation is 1. The van der Waals surface area contributed by atoms with Crippen molar-refractivity contribution >= 4 is 5.91 Å². The van der Waals surface area contributed by atoms with Crippen LogP contribution in [0.2, 0.25) is 0 Å². The van der Waals surface area contributed by atoms with Gasteiger partial charge in [0.1, 0.15) is 0 Å². The summed E-state index contributed by atoms with van der Waals surface area (Å²) in [6, 6.07) is 4.20. The van der Waals surface area contributed by atoms with Gasteiger partial charge in [-0.2, -0.15) is 0 Å². The molecule has 0 aromatic carbocycles. The summed E-state index contributed by atoms with van der Waals surface area (Å²) < 4.78 is 1.69. The second-order valence-corrected chi connectivity index (χ2v) is 6.29. The van der Waals surface area contributed by atoms with E-state index in [-0.39, 0.29) is 17.4 Å². The molecule has 1 unspecified atom stereocenters. The molecule has 1 saturated carbocycles. The highest BCUT2D eigenvalue weighted by Gasteiger charge is 2.58. The lowest BCUT2D eigenvalue weighted by Gasteiger charge is -2.62. The summed E-state index contributed by atoms with van der Waals surface area (Å²) in [5.74, 6) is -0.0148. The monoisotopic (exact) mass is 297 g/mol. The van der Waals surface area contributed by atoms with Crippen molar-refractivity contribution in [3.8, 4) is 0 Å². The van der Waals surface area contributed by atoms with Crippen molar-refractivity contribution in [3.63, 3.8) is 0 Å². The highest BCUT2D eigenvalue weighted by atomic mass is 16.2. The Morgan fingerprint density at radius 3 is 2.73 bits per heavy atom. The molecule has 1 atom stereocenters. The molecule has 6 heteroatoms. The van der Waals surface area contributed by atoms with E-state index in [1.807, 2.05) is 24.0 Å². The van der Waals surface area contributed by atoms with Gasteiger partial charge < -0.3 is 4.90 Å². The first kappa shape index (κ1) is 13.4. The maximum absolute atomic E-state index is 12.8. The van der Waals surface area contributed by atoms with Gasteiger partial charge in [-0.1, -0.05) is 11.6 Å². The Bertz CT molecular complexity index is 692. The second kappa shape index (κ2) is 4.90. The Labute approximate surface area is 129 Å². The van der Waals surface area contributed by atoms with E-state index < -0.39 is 0 Å². The molecule has 0 radical (unpaired) electrons. The van der Waals surface area contributed by atoms with Crippen LogP contribution in [0.15, 0.2) is 30.7 Å². The minimum absolute atomic E-state index is 0.0148. The van der Waals surface area contributed by atoms with E-state index in [1.165, 1.54) is 24.8 Å². The number of aromatic nitrogens is 4. The zero-order valence-electron chi connectivity index (χ0n) is 12.6. The molecule has 3 heterocycles. The van der Waals surface area contributed by atoms with E-state index in [2.05, 4.69) is 15.3 Å². The van der Waals surface area contributed by atoms with E-state index in [0.717, 1.165) is 13.1 Å². The SMILES string of the molecule is CCn1cc(C(=O)N2CC3(CCC3)C2c2ccncc2)nn1. The smallest absolute Gasteiger partial charge is 0.276 e. The van der Waals surface area contributed by atoms with Crippen molar-refractivity contribution in [2.45, 2.75) is 38.8 Å². The van der Waals surface area contributed by atoms with E-state index in [0.29, 0.717) is 5.69 Å². The van der Waals surface area contributed by atoms with Crippen molar-refractivity contribution < 1.29 is 4.79 Å². The van der Waals surface area contributed by atoms with Gasteiger partial charge in [0, 0.05) is 30.9 Å². The van der Waals surface area contributed by atoms with Crippen LogP contribution in [0, 0.1) is 5.41 Å². The van der Waals surface area contributed by atoms with Crippen LogP contribution in [0.25, 0.3) is 0 Å². The van der Waals surface area contributed by atoms with Crippen LogP contribution in [0.3, 0.4) is 0 Å². The summed E-state index contributed by atoms with van der Waals surface area (Å²) in [7, 11) is 0.